The minimum Gasteiger partial charge on any atom is -0.368 e. The zero-order valence-electron chi connectivity index (χ0n) is 15.1. The molecular formula is C17H28N2O5. The minimum atomic E-state index is -0.216. The van der Waals surface area contributed by atoms with Crippen LogP contribution in [0.25, 0.3) is 0 Å². The Morgan fingerprint density at radius 2 is 0.875 bits per heavy atom. The number of rotatable bonds is 8. The maximum Gasteiger partial charge on any atom is 0.320 e. The van der Waals surface area contributed by atoms with Gasteiger partial charge in [-0.3, -0.25) is 0 Å². The number of epoxide rings is 4. The third-order valence-electron chi connectivity index (χ3n) is 5.19. The fraction of sp³-hybridized carbons (Fsp3) is 0.941. The van der Waals surface area contributed by atoms with Crippen molar-refractivity contribution < 1.29 is 23.7 Å². The van der Waals surface area contributed by atoms with Crippen molar-refractivity contribution in [2.75, 3.05) is 52.6 Å². The van der Waals surface area contributed by atoms with E-state index in [0.717, 1.165) is 0 Å². The molecule has 24 heavy (non-hydrogen) atoms. The summed E-state index contributed by atoms with van der Waals surface area (Å²) in [6.07, 6.45) is 0. The van der Waals surface area contributed by atoms with E-state index in [1.54, 1.807) is 0 Å². The van der Waals surface area contributed by atoms with E-state index in [1.165, 1.54) is 0 Å². The molecule has 0 aromatic carbocycles. The molecule has 4 atom stereocenters. The Balaban J connectivity index is 1.47. The van der Waals surface area contributed by atoms with Crippen LogP contribution in [-0.2, 0) is 18.9 Å². The predicted octanol–water partition coefficient (Wildman–Crippen LogP) is 0.866. The van der Waals surface area contributed by atoms with Crippen molar-refractivity contribution in [3.05, 3.63) is 0 Å². The first kappa shape index (κ1) is 16.6. The van der Waals surface area contributed by atoms with Gasteiger partial charge in [0.25, 0.3) is 0 Å². The van der Waals surface area contributed by atoms with Gasteiger partial charge in [0.15, 0.2) is 0 Å². The lowest BCUT2D eigenvalue weighted by Gasteiger charge is -2.34. The van der Waals surface area contributed by atoms with E-state index in [9.17, 15) is 4.79 Å². The molecule has 0 saturated carbocycles. The van der Waals surface area contributed by atoms with Crippen molar-refractivity contribution in [1.29, 1.82) is 0 Å². The summed E-state index contributed by atoms with van der Waals surface area (Å²) >= 11 is 0. The standard InChI is InChI=1S/C17H28N2O5/c1-14(9-21-14)5-18(6-15(2)10-22-15)13(20)19(7-16(3)11-23-16)8-17(4)12-24-17/h5-12H2,1-4H3. The number of nitrogens with zero attached hydrogens (tertiary/aromatic N) is 2. The first-order valence-corrected chi connectivity index (χ1v) is 8.72. The quantitative estimate of drug-likeness (QED) is 0.613. The van der Waals surface area contributed by atoms with Gasteiger partial charge in [-0.25, -0.2) is 4.79 Å². The van der Waals surface area contributed by atoms with E-state index in [-0.39, 0.29) is 28.4 Å². The lowest BCUT2D eigenvalue weighted by Crippen LogP contribution is -2.53. The first-order valence-electron chi connectivity index (χ1n) is 8.72. The van der Waals surface area contributed by atoms with Gasteiger partial charge < -0.3 is 28.7 Å². The molecule has 0 spiro atoms. The number of hydrogen-bond acceptors (Lipinski definition) is 5. The van der Waals surface area contributed by atoms with Crippen LogP contribution < -0.4 is 0 Å². The maximum atomic E-state index is 13.3. The molecule has 4 heterocycles. The third kappa shape index (κ3) is 3.85. The molecule has 7 nitrogen and oxygen atoms in total. The van der Waals surface area contributed by atoms with Gasteiger partial charge in [0.1, 0.15) is 22.4 Å². The number of urea groups is 1. The lowest BCUT2D eigenvalue weighted by molar-refractivity contribution is 0.103. The van der Waals surface area contributed by atoms with Crippen LogP contribution in [-0.4, -0.2) is 90.8 Å². The maximum absolute atomic E-state index is 13.3. The summed E-state index contributed by atoms with van der Waals surface area (Å²) in [4.78, 5) is 17.1. The van der Waals surface area contributed by atoms with Gasteiger partial charge in [-0.05, 0) is 27.7 Å². The van der Waals surface area contributed by atoms with E-state index >= 15 is 0 Å². The number of ether oxygens (including phenoxy) is 4. The fourth-order valence-electron chi connectivity index (χ4n) is 3.06. The molecule has 4 rings (SSSR count). The Hall–Kier alpha value is -0.890. The molecule has 4 fully saturated rings. The SMILES string of the molecule is CC1(CN(CC2(C)CO2)C(=O)N(CC2(C)CO2)CC2(C)CO2)CO1. The smallest absolute Gasteiger partial charge is 0.320 e. The molecule has 0 radical (unpaired) electrons. The van der Waals surface area contributed by atoms with E-state index in [4.69, 9.17) is 18.9 Å². The summed E-state index contributed by atoms with van der Waals surface area (Å²) in [5.41, 5.74) is -0.863. The highest BCUT2D eigenvalue weighted by Gasteiger charge is 2.51. The Kier molecular flexibility index (Phi) is 3.50. The normalized spacial score (nSPS) is 44.8. The molecule has 4 saturated heterocycles. The predicted molar refractivity (Wildman–Crippen MR) is 86.0 cm³/mol. The monoisotopic (exact) mass is 340 g/mol. The molecular weight excluding hydrogens is 312 g/mol. The van der Waals surface area contributed by atoms with Crippen LogP contribution in [0.15, 0.2) is 0 Å². The summed E-state index contributed by atoms with van der Waals surface area (Å²) < 4.78 is 22.1. The molecule has 0 N–H and O–H groups in total. The minimum absolute atomic E-state index is 0.0249. The highest BCUT2D eigenvalue weighted by Crippen LogP contribution is 2.35. The Morgan fingerprint density at radius 1 is 0.667 bits per heavy atom. The van der Waals surface area contributed by atoms with Crippen LogP contribution in [0.5, 0.6) is 0 Å². The highest BCUT2D eigenvalue weighted by molar-refractivity contribution is 5.75. The second-order valence-corrected chi connectivity index (χ2v) is 8.95. The molecule has 2 amide bonds. The summed E-state index contributed by atoms with van der Waals surface area (Å²) in [7, 11) is 0. The fourth-order valence-corrected chi connectivity index (χ4v) is 3.06. The largest absolute Gasteiger partial charge is 0.368 e. The number of amides is 2. The second-order valence-electron chi connectivity index (χ2n) is 8.95. The second kappa shape index (κ2) is 5.06. The molecule has 0 aromatic rings. The third-order valence-corrected chi connectivity index (χ3v) is 5.19. The van der Waals surface area contributed by atoms with Crippen LogP contribution in [0, 0.1) is 0 Å². The van der Waals surface area contributed by atoms with Crippen molar-refractivity contribution >= 4 is 6.03 Å². The van der Waals surface area contributed by atoms with Crippen molar-refractivity contribution in [2.45, 2.75) is 50.1 Å². The molecule has 0 bridgehead atoms. The molecule has 0 aromatic heterocycles. The van der Waals surface area contributed by atoms with Crippen molar-refractivity contribution in [3.63, 3.8) is 0 Å². The van der Waals surface area contributed by atoms with Gasteiger partial charge in [0.05, 0.1) is 52.6 Å². The van der Waals surface area contributed by atoms with Crippen LogP contribution in [0.2, 0.25) is 0 Å². The Bertz CT molecular complexity index is 449. The molecule has 4 aliphatic rings. The Morgan fingerprint density at radius 3 is 1.04 bits per heavy atom. The van der Waals surface area contributed by atoms with E-state index < -0.39 is 0 Å². The first-order chi connectivity index (χ1) is 11.1. The van der Waals surface area contributed by atoms with Gasteiger partial charge in [-0.2, -0.15) is 0 Å². The molecule has 4 unspecified atom stereocenters. The van der Waals surface area contributed by atoms with E-state index in [2.05, 4.69) is 0 Å². The molecule has 0 aliphatic carbocycles. The highest BCUT2D eigenvalue weighted by atomic mass is 16.6. The van der Waals surface area contributed by atoms with Crippen molar-refractivity contribution in [1.82, 2.24) is 9.80 Å². The van der Waals surface area contributed by atoms with Crippen LogP contribution in [0.3, 0.4) is 0 Å². The Labute approximate surface area is 143 Å². The van der Waals surface area contributed by atoms with Crippen LogP contribution in [0.1, 0.15) is 27.7 Å². The van der Waals surface area contributed by atoms with Gasteiger partial charge in [-0.15, -0.1) is 0 Å². The summed E-state index contributed by atoms with van der Waals surface area (Å²) in [5, 5.41) is 0. The lowest BCUT2D eigenvalue weighted by atomic mass is 10.1. The van der Waals surface area contributed by atoms with E-state index in [1.807, 2.05) is 37.5 Å². The van der Waals surface area contributed by atoms with Crippen LogP contribution in [0.4, 0.5) is 4.79 Å². The topological polar surface area (TPSA) is 73.7 Å². The van der Waals surface area contributed by atoms with E-state index in [0.29, 0.717) is 52.6 Å². The summed E-state index contributed by atoms with van der Waals surface area (Å²) in [5.74, 6) is 0. The molecule has 4 aliphatic heterocycles. The number of carbonyl (C=O) groups excluding carboxylic acids is 1. The average molecular weight is 340 g/mol. The van der Waals surface area contributed by atoms with Crippen molar-refractivity contribution in [3.8, 4) is 0 Å². The number of hydrogen-bond donors (Lipinski definition) is 0. The van der Waals surface area contributed by atoms with Crippen LogP contribution >= 0.6 is 0 Å². The zero-order valence-corrected chi connectivity index (χ0v) is 15.1. The average Bonchev–Trinajstić information content (AvgIpc) is 3.27. The summed E-state index contributed by atoms with van der Waals surface area (Å²) in [6, 6.07) is 0.0249. The number of carbonyl (C=O) groups is 1. The van der Waals surface area contributed by atoms with Gasteiger partial charge in [0, 0.05) is 0 Å². The van der Waals surface area contributed by atoms with Gasteiger partial charge in [0.2, 0.25) is 0 Å². The zero-order chi connectivity index (χ0) is 17.2. The molecule has 136 valence electrons. The van der Waals surface area contributed by atoms with Crippen molar-refractivity contribution in [2.24, 2.45) is 0 Å². The summed E-state index contributed by atoms with van der Waals surface area (Å²) in [6.45, 7) is 13.4. The van der Waals surface area contributed by atoms with Gasteiger partial charge >= 0.3 is 6.03 Å². The molecule has 7 heteroatoms. The van der Waals surface area contributed by atoms with Gasteiger partial charge in [-0.1, -0.05) is 0 Å².